The number of hydrogen-bond acceptors (Lipinski definition) is 4. The molecule has 0 fully saturated rings. The first-order valence-electron chi connectivity index (χ1n) is 6.12. The Morgan fingerprint density at radius 3 is 2.25 bits per heavy atom. The van der Waals surface area contributed by atoms with E-state index in [1.54, 1.807) is 19.1 Å². The van der Waals surface area contributed by atoms with Gasteiger partial charge in [-0.25, -0.2) is 8.42 Å². The van der Waals surface area contributed by atoms with E-state index in [9.17, 15) is 13.2 Å². The molecule has 1 aromatic heterocycles. The summed E-state index contributed by atoms with van der Waals surface area (Å²) in [4.78, 5) is 13.3. The maximum absolute atomic E-state index is 12.2. The first-order valence-corrected chi connectivity index (χ1v) is 8.42. The number of aromatic amines is 1. The maximum atomic E-state index is 12.2. The predicted octanol–water partition coefficient (Wildman–Crippen LogP) is 2.67. The highest BCUT2D eigenvalue weighted by atomic mass is 32.2. The fourth-order valence-corrected chi connectivity index (χ4v) is 4.15. The van der Waals surface area contributed by atoms with Crippen LogP contribution in [0.1, 0.15) is 31.0 Å². The number of anilines is 1. The molecule has 1 aromatic carbocycles. The number of benzene rings is 1. The van der Waals surface area contributed by atoms with Gasteiger partial charge in [0.25, 0.3) is 10.0 Å². The number of H-pyrrole nitrogens is 1. The maximum Gasteiger partial charge on any atom is 0.306 e. The van der Waals surface area contributed by atoms with E-state index in [-0.39, 0.29) is 9.08 Å². The van der Waals surface area contributed by atoms with Crippen LogP contribution in [0.5, 0.6) is 0 Å². The van der Waals surface area contributed by atoms with Crippen LogP contribution in [0.15, 0.2) is 33.3 Å². The van der Waals surface area contributed by atoms with Gasteiger partial charge in [0.2, 0.25) is 0 Å². The molecule has 0 saturated heterocycles. The molecule has 1 heterocycles. The standard InChI is InChI=1S/C13H16N2O3S2/c1-8(2)10-4-6-11(7-5-10)15-20(17,18)12-9(3)14-13(16)19-12/h4-8,15H,1-3H3,(H,14,16). The molecule has 0 spiro atoms. The average molecular weight is 312 g/mol. The molecule has 7 heteroatoms. The zero-order valence-electron chi connectivity index (χ0n) is 11.4. The van der Waals surface area contributed by atoms with Crippen molar-refractivity contribution in [2.75, 3.05) is 4.72 Å². The average Bonchev–Trinajstić information content (AvgIpc) is 2.69. The highest BCUT2D eigenvalue weighted by molar-refractivity contribution is 7.94. The third-order valence-corrected chi connectivity index (χ3v) is 5.84. The minimum atomic E-state index is -3.72. The SMILES string of the molecule is Cc1[nH]c(=O)sc1S(=O)(=O)Nc1ccc(C(C)C)cc1. The molecule has 0 bridgehead atoms. The van der Waals surface area contributed by atoms with Gasteiger partial charge < -0.3 is 4.98 Å². The Kier molecular flexibility index (Phi) is 4.01. The molecule has 5 nitrogen and oxygen atoms in total. The predicted molar refractivity (Wildman–Crippen MR) is 81.0 cm³/mol. The summed E-state index contributed by atoms with van der Waals surface area (Å²) in [6, 6.07) is 7.21. The molecule has 2 aromatic rings. The highest BCUT2D eigenvalue weighted by Gasteiger charge is 2.20. The van der Waals surface area contributed by atoms with Crippen LogP contribution < -0.4 is 9.60 Å². The normalized spacial score (nSPS) is 11.8. The van der Waals surface area contributed by atoms with Crippen LogP contribution in [0.4, 0.5) is 5.69 Å². The molecule has 0 atom stereocenters. The van der Waals surface area contributed by atoms with Gasteiger partial charge in [0.05, 0.1) is 0 Å². The van der Waals surface area contributed by atoms with Crippen LogP contribution in [-0.2, 0) is 10.0 Å². The van der Waals surface area contributed by atoms with E-state index in [0.717, 1.165) is 5.56 Å². The number of nitrogens with one attached hydrogen (secondary N) is 2. The molecule has 0 aliphatic carbocycles. The lowest BCUT2D eigenvalue weighted by Crippen LogP contribution is -2.12. The third kappa shape index (κ3) is 3.10. The van der Waals surface area contributed by atoms with Gasteiger partial charge in [0, 0.05) is 11.4 Å². The largest absolute Gasteiger partial charge is 0.315 e. The van der Waals surface area contributed by atoms with Crippen LogP contribution in [0.2, 0.25) is 0 Å². The molecule has 20 heavy (non-hydrogen) atoms. The first-order chi connectivity index (χ1) is 9.29. The van der Waals surface area contributed by atoms with E-state index in [1.165, 1.54) is 0 Å². The van der Waals surface area contributed by atoms with Crippen LogP contribution in [-0.4, -0.2) is 13.4 Å². The first kappa shape index (κ1) is 14.8. The zero-order chi connectivity index (χ0) is 14.9. The highest BCUT2D eigenvalue weighted by Crippen LogP contribution is 2.22. The number of aromatic nitrogens is 1. The smallest absolute Gasteiger partial charge is 0.306 e. The molecule has 108 valence electrons. The lowest BCUT2D eigenvalue weighted by atomic mass is 10.0. The van der Waals surface area contributed by atoms with Gasteiger partial charge in [-0.2, -0.15) is 0 Å². The van der Waals surface area contributed by atoms with Crippen molar-refractivity contribution < 1.29 is 8.42 Å². The molecular weight excluding hydrogens is 296 g/mol. The molecular formula is C13H16N2O3S2. The summed E-state index contributed by atoms with van der Waals surface area (Å²) >= 11 is 0.687. The second-order valence-corrected chi connectivity index (χ2v) is 7.67. The van der Waals surface area contributed by atoms with Crippen molar-refractivity contribution in [3.05, 3.63) is 45.2 Å². The number of thiazole rings is 1. The Morgan fingerprint density at radius 1 is 1.20 bits per heavy atom. The van der Waals surface area contributed by atoms with E-state index in [1.807, 2.05) is 12.1 Å². The Morgan fingerprint density at radius 2 is 1.80 bits per heavy atom. The molecule has 0 radical (unpaired) electrons. The van der Waals surface area contributed by atoms with E-state index in [2.05, 4.69) is 23.6 Å². The summed E-state index contributed by atoms with van der Waals surface area (Å²) in [7, 11) is -3.72. The van der Waals surface area contributed by atoms with Crippen LogP contribution in [0, 0.1) is 6.92 Å². The fourth-order valence-electron chi connectivity index (χ4n) is 1.78. The van der Waals surface area contributed by atoms with Crippen LogP contribution >= 0.6 is 11.3 Å². The Labute approximate surface area is 121 Å². The van der Waals surface area contributed by atoms with Crippen molar-refractivity contribution in [1.29, 1.82) is 0 Å². The molecule has 0 amide bonds. The zero-order valence-corrected chi connectivity index (χ0v) is 13.1. The van der Waals surface area contributed by atoms with Gasteiger partial charge in [-0.1, -0.05) is 37.3 Å². The van der Waals surface area contributed by atoms with Crippen molar-refractivity contribution in [1.82, 2.24) is 4.98 Å². The fraction of sp³-hybridized carbons (Fsp3) is 0.308. The van der Waals surface area contributed by atoms with Gasteiger partial charge in [-0.05, 0) is 30.5 Å². The molecule has 2 rings (SSSR count). The number of hydrogen-bond donors (Lipinski definition) is 2. The lowest BCUT2D eigenvalue weighted by Gasteiger charge is -2.09. The van der Waals surface area contributed by atoms with Crippen molar-refractivity contribution >= 4 is 27.0 Å². The monoisotopic (exact) mass is 312 g/mol. The number of rotatable bonds is 4. The van der Waals surface area contributed by atoms with E-state index in [4.69, 9.17) is 0 Å². The van der Waals surface area contributed by atoms with E-state index < -0.39 is 10.0 Å². The summed E-state index contributed by atoms with van der Waals surface area (Å²) in [5, 5.41) is 0. The number of aryl methyl sites for hydroxylation is 1. The lowest BCUT2D eigenvalue weighted by molar-refractivity contribution is 0.602. The molecule has 0 aliphatic heterocycles. The third-order valence-electron chi connectivity index (χ3n) is 2.85. The summed E-state index contributed by atoms with van der Waals surface area (Å²) in [5.74, 6) is 0.387. The van der Waals surface area contributed by atoms with Crippen molar-refractivity contribution in [3.8, 4) is 0 Å². The van der Waals surface area contributed by atoms with Crippen molar-refractivity contribution in [2.24, 2.45) is 0 Å². The van der Waals surface area contributed by atoms with Crippen LogP contribution in [0.25, 0.3) is 0 Å². The van der Waals surface area contributed by atoms with Crippen molar-refractivity contribution in [2.45, 2.75) is 30.9 Å². The minimum absolute atomic E-state index is 0.0236. The second-order valence-electron chi connectivity index (χ2n) is 4.81. The summed E-state index contributed by atoms with van der Waals surface area (Å²) in [6.45, 7) is 5.70. The quantitative estimate of drug-likeness (QED) is 0.911. The van der Waals surface area contributed by atoms with Gasteiger partial charge in [0.15, 0.2) is 4.21 Å². The Hall–Kier alpha value is -1.60. The number of sulfonamides is 1. The Balaban J connectivity index is 2.29. The minimum Gasteiger partial charge on any atom is -0.315 e. The van der Waals surface area contributed by atoms with Crippen molar-refractivity contribution in [3.63, 3.8) is 0 Å². The topological polar surface area (TPSA) is 79.0 Å². The Bertz CT molecular complexity index is 756. The van der Waals surface area contributed by atoms with Gasteiger partial charge in [0.1, 0.15) is 0 Å². The van der Waals surface area contributed by atoms with Gasteiger partial charge in [-0.15, -0.1) is 0 Å². The van der Waals surface area contributed by atoms with Gasteiger partial charge in [-0.3, -0.25) is 9.52 Å². The van der Waals surface area contributed by atoms with E-state index >= 15 is 0 Å². The summed E-state index contributed by atoms with van der Waals surface area (Å²) in [6.07, 6.45) is 0. The van der Waals surface area contributed by atoms with Crippen LogP contribution in [0.3, 0.4) is 0 Å². The molecule has 2 N–H and O–H groups in total. The van der Waals surface area contributed by atoms with E-state index in [0.29, 0.717) is 28.6 Å². The molecule has 0 saturated carbocycles. The summed E-state index contributed by atoms with van der Waals surface area (Å²) < 4.78 is 26.9. The molecule has 0 aliphatic rings. The van der Waals surface area contributed by atoms with Gasteiger partial charge >= 0.3 is 4.87 Å². The summed E-state index contributed by atoms with van der Waals surface area (Å²) in [5.41, 5.74) is 1.97. The second kappa shape index (κ2) is 5.41. The molecule has 0 unspecified atom stereocenters.